The summed E-state index contributed by atoms with van der Waals surface area (Å²) >= 11 is 5.56. The predicted molar refractivity (Wildman–Crippen MR) is 57.6 cm³/mol. The van der Waals surface area contributed by atoms with Crippen LogP contribution < -0.4 is 11.5 Å². The first-order valence-electron chi connectivity index (χ1n) is 4.43. The predicted octanol–water partition coefficient (Wildman–Crippen LogP) is 2.28. The van der Waals surface area contributed by atoms with E-state index in [1.165, 1.54) is 12.8 Å². The van der Waals surface area contributed by atoms with Crippen LogP contribution in [-0.2, 0) is 0 Å². The van der Waals surface area contributed by atoms with E-state index in [1.54, 1.807) is 18.2 Å². The average molecular weight is 199 g/mol. The first kappa shape index (κ1) is 10.4. The topological polar surface area (TPSA) is 52.0 Å². The van der Waals surface area contributed by atoms with E-state index in [2.05, 4.69) is 0 Å². The third kappa shape index (κ3) is 4.76. The molecule has 13 heavy (non-hydrogen) atoms. The highest BCUT2D eigenvalue weighted by Crippen LogP contribution is 2.26. The second-order valence-electron chi connectivity index (χ2n) is 3.23. The molecule has 1 fully saturated rings. The van der Waals surface area contributed by atoms with Gasteiger partial charge in [0.05, 0.1) is 0 Å². The van der Waals surface area contributed by atoms with Crippen molar-refractivity contribution in [2.45, 2.75) is 12.8 Å². The van der Waals surface area contributed by atoms with Crippen molar-refractivity contribution in [1.82, 2.24) is 0 Å². The van der Waals surface area contributed by atoms with Crippen molar-refractivity contribution in [2.24, 2.45) is 11.7 Å². The first-order valence-corrected chi connectivity index (χ1v) is 4.81. The Bertz CT molecular complexity index is 242. The summed E-state index contributed by atoms with van der Waals surface area (Å²) < 4.78 is 0. The van der Waals surface area contributed by atoms with E-state index in [4.69, 9.17) is 23.1 Å². The fraction of sp³-hybridized carbons (Fsp3) is 0.400. The lowest BCUT2D eigenvalue weighted by Gasteiger charge is -1.89. The number of hydrogen-bond donors (Lipinski definition) is 2. The van der Waals surface area contributed by atoms with Gasteiger partial charge in [0, 0.05) is 10.7 Å². The van der Waals surface area contributed by atoms with Gasteiger partial charge in [-0.15, -0.1) is 0 Å². The molecule has 1 aliphatic rings. The van der Waals surface area contributed by atoms with Crippen molar-refractivity contribution in [3.8, 4) is 0 Å². The van der Waals surface area contributed by atoms with Crippen LogP contribution in [0.2, 0.25) is 5.02 Å². The monoisotopic (exact) mass is 198 g/mol. The molecule has 1 aromatic rings. The van der Waals surface area contributed by atoms with Gasteiger partial charge >= 0.3 is 0 Å². The molecule has 4 N–H and O–H groups in total. The van der Waals surface area contributed by atoms with Gasteiger partial charge in [-0.05, 0) is 43.5 Å². The maximum Gasteiger partial charge on any atom is 0.0426 e. The number of nitrogens with two attached hydrogens (primary N) is 2. The second-order valence-corrected chi connectivity index (χ2v) is 3.67. The molecule has 0 saturated heterocycles. The second kappa shape index (κ2) is 5.10. The Kier molecular flexibility index (Phi) is 4.06. The summed E-state index contributed by atoms with van der Waals surface area (Å²) in [4.78, 5) is 0. The maximum absolute atomic E-state index is 5.56. The van der Waals surface area contributed by atoms with Crippen molar-refractivity contribution in [2.75, 3.05) is 12.3 Å². The van der Waals surface area contributed by atoms with Gasteiger partial charge < -0.3 is 11.5 Å². The number of hydrogen-bond acceptors (Lipinski definition) is 2. The summed E-state index contributed by atoms with van der Waals surface area (Å²) in [5, 5.41) is 0.685. The molecule has 2 nitrogen and oxygen atoms in total. The molecule has 1 aliphatic carbocycles. The van der Waals surface area contributed by atoms with E-state index in [9.17, 15) is 0 Å². The molecule has 0 atom stereocenters. The minimum atomic E-state index is 0.685. The summed E-state index contributed by atoms with van der Waals surface area (Å²) in [7, 11) is 0. The van der Waals surface area contributed by atoms with Gasteiger partial charge in [0.15, 0.2) is 0 Å². The lowest BCUT2D eigenvalue weighted by Crippen LogP contribution is -1.98. The van der Waals surface area contributed by atoms with Crippen LogP contribution in [0, 0.1) is 5.92 Å². The molecule has 0 spiro atoms. The van der Waals surface area contributed by atoms with Crippen LogP contribution in [0.1, 0.15) is 12.8 Å². The Morgan fingerprint density at radius 3 is 2.31 bits per heavy atom. The SMILES string of the molecule is NCC1CC1.Nc1cccc(Cl)c1. The molecular formula is C10H15ClN2. The number of anilines is 1. The highest BCUT2D eigenvalue weighted by atomic mass is 35.5. The van der Waals surface area contributed by atoms with Crippen molar-refractivity contribution in [1.29, 1.82) is 0 Å². The molecule has 0 aromatic heterocycles. The zero-order chi connectivity index (χ0) is 9.68. The molecule has 0 bridgehead atoms. The lowest BCUT2D eigenvalue weighted by atomic mass is 10.3. The van der Waals surface area contributed by atoms with E-state index in [1.807, 2.05) is 6.07 Å². The number of halogens is 1. The minimum Gasteiger partial charge on any atom is -0.399 e. The van der Waals surface area contributed by atoms with Gasteiger partial charge in [0.25, 0.3) is 0 Å². The molecule has 0 unspecified atom stereocenters. The highest BCUT2D eigenvalue weighted by Gasteiger charge is 2.17. The molecule has 1 aromatic carbocycles. The quantitative estimate of drug-likeness (QED) is 0.681. The Morgan fingerprint density at radius 1 is 1.38 bits per heavy atom. The van der Waals surface area contributed by atoms with Crippen molar-refractivity contribution in [3.63, 3.8) is 0 Å². The average Bonchev–Trinajstić information content (AvgIpc) is 2.87. The Labute approximate surface area is 83.9 Å². The van der Waals surface area contributed by atoms with Crippen LogP contribution in [0.3, 0.4) is 0 Å². The standard InChI is InChI=1S/C6H6ClN.C4H9N/c7-5-2-1-3-6(8)4-5;5-3-4-1-2-4/h1-4H,8H2;4H,1-3,5H2. The van der Waals surface area contributed by atoms with E-state index < -0.39 is 0 Å². The number of rotatable bonds is 1. The van der Waals surface area contributed by atoms with Gasteiger partial charge in [-0.25, -0.2) is 0 Å². The fourth-order valence-electron chi connectivity index (χ4n) is 0.860. The number of benzene rings is 1. The lowest BCUT2D eigenvalue weighted by molar-refractivity contribution is 0.847. The largest absolute Gasteiger partial charge is 0.399 e. The molecule has 72 valence electrons. The third-order valence-corrected chi connectivity index (χ3v) is 2.11. The fourth-order valence-corrected chi connectivity index (χ4v) is 1.06. The third-order valence-electron chi connectivity index (χ3n) is 1.88. The van der Waals surface area contributed by atoms with Crippen LogP contribution in [0.4, 0.5) is 5.69 Å². The van der Waals surface area contributed by atoms with E-state index in [0.29, 0.717) is 10.7 Å². The van der Waals surface area contributed by atoms with Crippen LogP contribution in [0.15, 0.2) is 24.3 Å². The Morgan fingerprint density at radius 2 is 2.08 bits per heavy atom. The zero-order valence-electron chi connectivity index (χ0n) is 7.54. The zero-order valence-corrected chi connectivity index (χ0v) is 8.30. The Hall–Kier alpha value is -0.730. The molecule has 2 rings (SSSR count). The van der Waals surface area contributed by atoms with Crippen LogP contribution in [-0.4, -0.2) is 6.54 Å². The smallest absolute Gasteiger partial charge is 0.0426 e. The summed E-state index contributed by atoms with van der Waals surface area (Å²) in [6, 6.07) is 7.11. The van der Waals surface area contributed by atoms with Gasteiger partial charge in [-0.3, -0.25) is 0 Å². The van der Waals surface area contributed by atoms with Gasteiger partial charge in [0.2, 0.25) is 0 Å². The van der Waals surface area contributed by atoms with Crippen LogP contribution in [0.25, 0.3) is 0 Å². The summed E-state index contributed by atoms with van der Waals surface area (Å²) in [5.41, 5.74) is 11.3. The highest BCUT2D eigenvalue weighted by molar-refractivity contribution is 6.30. The minimum absolute atomic E-state index is 0.685. The van der Waals surface area contributed by atoms with Gasteiger partial charge in [0.1, 0.15) is 0 Å². The van der Waals surface area contributed by atoms with Gasteiger partial charge in [-0.2, -0.15) is 0 Å². The summed E-state index contributed by atoms with van der Waals surface area (Å²) in [6.45, 7) is 0.917. The van der Waals surface area contributed by atoms with Crippen LogP contribution in [0.5, 0.6) is 0 Å². The summed E-state index contributed by atoms with van der Waals surface area (Å²) in [6.07, 6.45) is 2.77. The summed E-state index contributed by atoms with van der Waals surface area (Å²) in [5.74, 6) is 0.912. The van der Waals surface area contributed by atoms with Crippen molar-refractivity contribution in [3.05, 3.63) is 29.3 Å². The van der Waals surface area contributed by atoms with E-state index in [0.717, 1.165) is 12.5 Å². The first-order chi connectivity index (χ1) is 6.22. The molecule has 3 heteroatoms. The van der Waals surface area contributed by atoms with Crippen LogP contribution >= 0.6 is 11.6 Å². The molecule has 0 aliphatic heterocycles. The normalized spacial score (nSPS) is 14.6. The Balaban J connectivity index is 0.000000145. The van der Waals surface area contributed by atoms with E-state index in [-0.39, 0.29) is 0 Å². The number of nitrogen functional groups attached to an aromatic ring is 1. The molecule has 0 amide bonds. The van der Waals surface area contributed by atoms with Crippen molar-refractivity contribution >= 4 is 17.3 Å². The molecular weight excluding hydrogens is 184 g/mol. The molecule has 0 radical (unpaired) electrons. The van der Waals surface area contributed by atoms with E-state index >= 15 is 0 Å². The van der Waals surface area contributed by atoms with Gasteiger partial charge in [-0.1, -0.05) is 17.7 Å². The molecule has 0 heterocycles. The van der Waals surface area contributed by atoms with Crippen molar-refractivity contribution < 1.29 is 0 Å². The maximum atomic E-state index is 5.56. The molecule has 1 saturated carbocycles.